The molecule has 0 aliphatic carbocycles. The number of aromatic hydroxyl groups is 1. The molecule has 0 saturated heterocycles. The largest absolute Gasteiger partial charge is 0.508 e. The Labute approximate surface area is 127 Å². The molecule has 2 aromatic carbocycles. The summed E-state index contributed by atoms with van der Waals surface area (Å²) in [5.41, 5.74) is 9.97. The van der Waals surface area contributed by atoms with E-state index in [1.807, 2.05) is 12.1 Å². The van der Waals surface area contributed by atoms with Crippen LogP contribution < -0.4 is 11.1 Å². The first kappa shape index (κ1) is 14.1. The first-order valence-corrected chi connectivity index (χ1v) is 6.96. The number of nitrogens with one attached hydrogen (secondary N) is 1. The number of phenolic OH excluding ortho intramolecular Hbond substituents is 1. The molecule has 0 spiro atoms. The molecule has 112 valence electrons. The molecule has 6 heteroatoms. The predicted octanol–water partition coefficient (Wildman–Crippen LogP) is 3.58. The third-order valence-electron chi connectivity index (χ3n) is 3.60. The van der Waals surface area contributed by atoms with E-state index in [0.29, 0.717) is 35.5 Å². The monoisotopic (exact) mass is 296 g/mol. The second-order valence-electron chi connectivity index (χ2n) is 5.29. The minimum atomic E-state index is 0.0363. The van der Waals surface area contributed by atoms with E-state index in [9.17, 15) is 9.90 Å². The average Bonchev–Trinajstić information content (AvgIpc) is 2.49. The van der Waals surface area contributed by atoms with Crippen molar-refractivity contribution in [1.29, 1.82) is 0 Å². The van der Waals surface area contributed by atoms with Crippen molar-refractivity contribution >= 4 is 28.7 Å². The van der Waals surface area contributed by atoms with Gasteiger partial charge < -0.3 is 16.2 Å². The maximum Gasteiger partial charge on any atom is 0.224 e. The molecule has 0 saturated carbocycles. The predicted molar refractivity (Wildman–Crippen MR) is 84.8 cm³/mol. The lowest BCUT2D eigenvalue weighted by Crippen LogP contribution is -2.18. The van der Waals surface area contributed by atoms with Gasteiger partial charge in [0.15, 0.2) is 0 Å². The Bertz CT molecular complexity index is 784. The van der Waals surface area contributed by atoms with Crippen molar-refractivity contribution in [3.05, 3.63) is 41.5 Å². The van der Waals surface area contributed by atoms with E-state index in [1.54, 1.807) is 19.1 Å². The highest BCUT2D eigenvalue weighted by molar-refractivity contribution is 5.94. The molecular formula is C16H16N4O2. The third kappa shape index (κ3) is 2.76. The van der Waals surface area contributed by atoms with Gasteiger partial charge >= 0.3 is 0 Å². The van der Waals surface area contributed by atoms with Crippen LogP contribution in [0.15, 0.2) is 40.6 Å². The zero-order valence-electron chi connectivity index (χ0n) is 12.1. The van der Waals surface area contributed by atoms with E-state index in [4.69, 9.17) is 5.73 Å². The Hall–Kier alpha value is -2.89. The van der Waals surface area contributed by atoms with Gasteiger partial charge in [-0.05, 0) is 48.7 Å². The number of nitrogens with zero attached hydrogens (tertiary/aromatic N) is 2. The van der Waals surface area contributed by atoms with Gasteiger partial charge in [0.25, 0.3) is 0 Å². The van der Waals surface area contributed by atoms with E-state index in [2.05, 4.69) is 15.5 Å². The van der Waals surface area contributed by atoms with Crippen molar-refractivity contribution in [3.8, 4) is 5.75 Å². The van der Waals surface area contributed by atoms with Gasteiger partial charge in [-0.1, -0.05) is 0 Å². The third-order valence-corrected chi connectivity index (χ3v) is 3.60. The molecule has 1 aliphatic heterocycles. The molecule has 0 aromatic heterocycles. The summed E-state index contributed by atoms with van der Waals surface area (Å²) < 4.78 is 0. The Morgan fingerprint density at radius 2 is 2.00 bits per heavy atom. The molecule has 0 fully saturated rings. The molecule has 0 radical (unpaired) electrons. The number of carbonyl (C=O) groups is 1. The number of azo groups is 1. The van der Waals surface area contributed by atoms with Crippen LogP contribution >= 0.6 is 0 Å². The van der Waals surface area contributed by atoms with E-state index >= 15 is 0 Å². The van der Waals surface area contributed by atoms with Gasteiger partial charge in [-0.3, -0.25) is 4.79 Å². The van der Waals surface area contributed by atoms with Crippen LogP contribution in [0.2, 0.25) is 0 Å². The first-order chi connectivity index (χ1) is 10.5. The molecule has 0 bridgehead atoms. The van der Waals surface area contributed by atoms with Gasteiger partial charge in [0.1, 0.15) is 11.4 Å². The normalized spacial score (nSPS) is 14.0. The van der Waals surface area contributed by atoms with Crippen molar-refractivity contribution in [2.45, 2.75) is 19.8 Å². The lowest BCUT2D eigenvalue weighted by atomic mass is 10.0. The smallest absolute Gasteiger partial charge is 0.224 e. The molecular weight excluding hydrogens is 280 g/mol. The molecule has 0 unspecified atom stereocenters. The maximum atomic E-state index is 11.3. The van der Waals surface area contributed by atoms with E-state index in [1.165, 1.54) is 6.07 Å². The SMILES string of the molecule is Cc1cc(N=Nc2ccc3c(c2)CCC(=O)N3)c(N)cc1O. The second-order valence-corrected chi connectivity index (χ2v) is 5.29. The fourth-order valence-corrected chi connectivity index (χ4v) is 2.33. The van der Waals surface area contributed by atoms with Crippen LogP contribution in [0.3, 0.4) is 0 Å². The van der Waals surface area contributed by atoms with E-state index in [0.717, 1.165) is 11.3 Å². The van der Waals surface area contributed by atoms with Crippen LogP contribution in [0.25, 0.3) is 0 Å². The number of hydrogen-bond acceptors (Lipinski definition) is 5. The fraction of sp³-hybridized carbons (Fsp3) is 0.188. The van der Waals surface area contributed by atoms with Crippen molar-refractivity contribution < 1.29 is 9.90 Å². The Morgan fingerprint density at radius 3 is 2.82 bits per heavy atom. The molecule has 1 amide bonds. The lowest BCUT2D eigenvalue weighted by molar-refractivity contribution is -0.116. The number of nitrogen functional groups attached to an aromatic ring is 1. The zero-order chi connectivity index (χ0) is 15.7. The van der Waals surface area contributed by atoms with Crippen molar-refractivity contribution in [2.24, 2.45) is 10.2 Å². The summed E-state index contributed by atoms with van der Waals surface area (Å²) in [6.07, 6.45) is 1.18. The summed E-state index contributed by atoms with van der Waals surface area (Å²) >= 11 is 0. The van der Waals surface area contributed by atoms with Crippen molar-refractivity contribution in [3.63, 3.8) is 0 Å². The molecule has 22 heavy (non-hydrogen) atoms. The molecule has 3 rings (SSSR count). The molecule has 1 heterocycles. The van der Waals surface area contributed by atoms with Crippen molar-refractivity contribution in [1.82, 2.24) is 0 Å². The van der Waals surface area contributed by atoms with Crippen LogP contribution in [-0.4, -0.2) is 11.0 Å². The van der Waals surface area contributed by atoms with Gasteiger partial charge in [-0.2, -0.15) is 5.11 Å². The number of carbonyl (C=O) groups excluding carboxylic acids is 1. The zero-order valence-corrected chi connectivity index (χ0v) is 12.1. The molecule has 2 aromatic rings. The molecule has 0 atom stereocenters. The number of fused-ring (bicyclic) bond motifs is 1. The number of amides is 1. The summed E-state index contributed by atoms with van der Waals surface area (Å²) in [5, 5.41) is 20.7. The standard InChI is InChI=1S/C16H16N4O2/c1-9-6-14(12(17)8-15(9)21)20-19-11-3-4-13-10(7-11)2-5-16(22)18-13/h3-4,6-8,21H,2,5,17H2,1H3,(H,18,22). The highest BCUT2D eigenvalue weighted by Crippen LogP contribution is 2.32. The minimum absolute atomic E-state index is 0.0363. The molecule has 1 aliphatic rings. The second kappa shape index (κ2) is 5.48. The topological polar surface area (TPSA) is 100 Å². The number of phenols is 1. The Morgan fingerprint density at radius 1 is 1.18 bits per heavy atom. The van der Waals surface area contributed by atoms with Crippen LogP contribution in [0.4, 0.5) is 22.7 Å². The van der Waals surface area contributed by atoms with Crippen LogP contribution in [0.5, 0.6) is 5.75 Å². The Balaban J connectivity index is 1.87. The lowest BCUT2D eigenvalue weighted by Gasteiger charge is -2.16. The summed E-state index contributed by atoms with van der Waals surface area (Å²) in [4.78, 5) is 11.3. The average molecular weight is 296 g/mol. The van der Waals surface area contributed by atoms with Gasteiger partial charge in [-0.15, -0.1) is 5.11 Å². The fourth-order valence-electron chi connectivity index (χ4n) is 2.33. The van der Waals surface area contributed by atoms with E-state index < -0.39 is 0 Å². The highest BCUT2D eigenvalue weighted by Gasteiger charge is 2.14. The number of hydrogen-bond donors (Lipinski definition) is 3. The summed E-state index contributed by atoms with van der Waals surface area (Å²) in [6, 6.07) is 8.67. The maximum absolute atomic E-state index is 11.3. The number of benzene rings is 2. The number of aryl methyl sites for hydroxylation is 2. The Kier molecular flexibility index (Phi) is 3.50. The van der Waals surface area contributed by atoms with Crippen molar-refractivity contribution in [2.75, 3.05) is 11.1 Å². The summed E-state index contributed by atoms with van der Waals surface area (Å²) in [5.74, 6) is 0.176. The number of nitrogens with two attached hydrogens (primary N) is 1. The van der Waals surface area contributed by atoms with Crippen LogP contribution in [-0.2, 0) is 11.2 Å². The summed E-state index contributed by atoms with van der Waals surface area (Å²) in [7, 11) is 0. The van der Waals surface area contributed by atoms with E-state index in [-0.39, 0.29) is 11.7 Å². The van der Waals surface area contributed by atoms with Gasteiger partial charge in [0.2, 0.25) is 5.91 Å². The molecule has 4 N–H and O–H groups in total. The highest BCUT2D eigenvalue weighted by atomic mass is 16.3. The van der Waals surface area contributed by atoms with Gasteiger partial charge in [0.05, 0.1) is 11.4 Å². The first-order valence-electron chi connectivity index (χ1n) is 6.96. The number of anilines is 2. The number of rotatable bonds is 2. The van der Waals surface area contributed by atoms with Gasteiger partial charge in [-0.25, -0.2) is 0 Å². The molecule has 6 nitrogen and oxygen atoms in total. The van der Waals surface area contributed by atoms with Crippen LogP contribution in [0, 0.1) is 6.92 Å². The van der Waals surface area contributed by atoms with Crippen LogP contribution in [0.1, 0.15) is 17.5 Å². The quantitative estimate of drug-likeness (QED) is 0.583. The summed E-state index contributed by atoms with van der Waals surface area (Å²) in [6.45, 7) is 1.77. The van der Waals surface area contributed by atoms with Gasteiger partial charge in [0, 0.05) is 18.2 Å². The minimum Gasteiger partial charge on any atom is -0.508 e.